The SMILES string of the molecule is c1ccc(-c2cccc(-c3cc(-c4ccc5c(c4)oc4ccccc45)cc(-c4cc(-c5ccccc5)nc(-c5ccccc5-c5ccccc5)n4)c3)c2)cc1. The third-order valence-corrected chi connectivity index (χ3v) is 10.3. The molecule has 0 bridgehead atoms. The third kappa shape index (κ3) is 6.28. The molecule has 55 heavy (non-hydrogen) atoms. The summed E-state index contributed by atoms with van der Waals surface area (Å²) in [6.45, 7) is 0. The number of nitrogens with zero attached hydrogens (tertiary/aromatic N) is 2. The minimum absolute atomic E-state index is 0.678. The van der Waals surface area contributed by atoms with Gasteiger partial charge in [-0.1, -0.05) is 158 Å². The largest absolute Gasteiger partial charge is 0.456 e. The maximum atomic E-state index is 6.37. The van der Waals surface area contributed by atoms with E-state index in [4.69, 9.17) is 14.4 Å². The quantitative estimate of drug-likeness (QED) is 0.166. The molecule has 0 radical (unpaired) electrons. The Balaban J connectivity index is 1.19. The van der Waals surface area contributed by atoms with Crippen molar-refractivity contribution in [2.75, 3.05) is 0 Å². The second-order valence-electron chi connectivity index (χ2n) is 13.8. The van der Waals surface area contributed by atoms with Gasteiger partial charge in [0.1, 0.15) is 11.2 Å². The Bertz CT molecular complexity index is 2970. The number of rotatable bonds is 7. The second kappa shape index (κ2) is 13.9. The zero-order valence-corrected chi connectivity index (χ0v) is 29.9. The lowest BCUT2D eigenvalue weighted by Gasteiger charge is -2.15. The average molecular weight is 703 g/mol. The van der Waals surface area contributed by atoms with Crippen molar-refractivity contribution in [3.63, 3.8) is 0 Å². The van der Waals surface area contributed by atoms with Gasteiger partial charge in [-0.2, -0.15) is 0 Å². The van der Waals surface area contributed by atoms with Crippen molar-refractivity contribution in [2.24, 2.45) is 0 Å². The molecule has 0 spiro atoms. The molecule has 258 valence electrons. The lowest BCUT2D eigenvalue weighted by Crippen LogP contribution is -1.98. The molecule has 0 aliphatic heterocycles. The van der Waals surface area contributed by atoms with E-state index in [0.717, 1.165) is 83.4 Å². The summed E-state index contributed by atoms with van der Waals surface area (Å²) in [7, 11) is 0. The van der Waals surface area contributed by atoms with Gasteiger partial charge in [0, 0.05) is 27.5 Å². The van der Waals surface area contributed by atoms with Crippen LogP contribution >= 0.6 is 0 Å². The first kappa shape index (κ1) is 32.3. The predicted octanol–water partition coefficient (Wildman–Crippen LogP) is 14.0. The van der Waals surface area contributed by atoms with E-state index < -0.39 is 0 Å². The lowest BCUT2D eigenvalue weighted by molar-refractivity contribution is 0.669. The van der Waals surface area contributed by atoms with Crippen molar-refractivity contribution >= 4 is 21.9 Å². The fraction of sp³-hybridized carbons (Fsp3) is 0. The van der Waals surface area contributed by atoms with Crippen LogP contribution in [-0.4, -0.2) is 9.97 Å². The van der Waals surface area contributed by atoms with Crippen LogP contribution < -0.4 is 0 Å². The number of benzene rings is 8. The summed E-state index contributed by atoms with van der Waals surface area (Å²) in [4.78, 5) is 10.6. The Hall–Kier alpha value is -7.36. The van der Waals surface area contributed by atoms with E-state index >= 15 is 0 Å². The molecule has 0 unspecified atom stereocenters. The summed E-state index contributed by atoms with van der Waals surface area (Å²) in [5, 5.41) is 2.23. The smallest absolute Gasteiger partial charge is 0.161 e. The van der Waals surface area contributed by atoms with Gasteiger partial charge in [-0.05, 0) is 93.0 Å². The highest BCUT2D eigenvalue weighted by Gasteiger charge is 2.17. The summed E-state index contributed by atoms with van der Waals surface area (Å²) >= 11 is 0. The van der Waals surface area contributed by atoms with Crippen LogP contribution in [0.5, 0.6) is 0 Å². The highest BCUT2D eigenvalue weighted by Crippen LogP contribution is 2.39. The molecule has 3 nitrogen and oxygen atoms in total. The molecular formula is C52H34N2O. The van der Waals surface area contributed by atoms with Gasteiger partial charge in [-0.25, -0.2) is 9.97 Å². The number of hydrogen-bond acceptors (Lipinski definition) is 3. The number of hydrogen-bond donors (Lipinski definition) is 0. The molecule has 0 amide bonds. The molecule has 0 aliphatic rings. The van der Waals surface area contributed by atoms with Crippen molar-refractivity contribution in [3.05, 3.63) is 206 Å². The Kier molecular flexibility index (Phi) is 8.16. The number of fused-ring (bicyclic) bond motifs is 3. The molecule has 0 saturated heterocycles. The fourth-order valence-corrected chi connectivity index (χ4v) is 7.54. The normalized spacial score (nSPS) is 11.3. The van der Waals surface area contributed by atoms with E-state index in [1.807, 2.05) is 24.3 Å². The molecule has 0 fully saturated rings. The van der Waals surface area contributed by atoms with Crippen LogP contribution in [0.2, 0.25) is 0 Å². The molecule has 2 aromatic heterocycles. The summed E-state index contributed by atoms with van der Waals surface area (Å²) in [5.74, 6) is 0.678. The van der Waals surface area contributed by atoms with Crippen LogP contribution in [0.15, 0.2) is 211 Å². The topological polar surface area (TPSA) is 38.9 Å². The van der Waals surface area contributed by atoms with E-state index in [9.17, 15) is 0 Å². The van der Waals surface area contributed by atoms with Gasteiger partial charge in [0.2, 0.25) is 0 Å². The maximum Gasteiger partial charge on any atom is 0.161 e. The highest BCUT2D eigenvalue weighted by molar-refractivity contribution is 6.06. The Labute approximate surface area is 319 Å². The molecule has 0 saturated carbocycles. The van der Waals surface area contributed by atoms with Crippen molar-refractivity contribution in [1.29, 1.82) is 0 Å². The molecule has 10 aromatic rings. The van der Waals surface area contributed by atoms with Crippen molar-refractivity contribution in [1.82, 2.24) is 9.97 Å². The molecular weight excluding hydrogens is 669 g/mol. The summed E-state index contributed by atoms with van der Waals surface area (Å²) in [6, 6.07) is 72.2. The van der Waals surface area contributed by atoms with E-state index in [0.29, 0.717) is 5.82 Å². The molecule has 0 atom stereocenters. The van der Waals surface area contributed by atoms with Crippen LogP contribution in [0.25, 0.3) is 100 Å². The van der Waals surface area contributed by atoms with Gasteiger partial charge in [-0.15, -0.1) is 0 Å². The van der Waals surface area contributed by atoms with Gasteiger partial charge < -0.3 is 4.42 Å². The van der Waals surface area contributed by atoms with Crippen LogP contribution in [0.1, 0.15) is 0 Å². The van der Waals surface area contributed by atoms with E-state index in [1.54, 1.807) is 0 Å². The monoisotopic (exact) mass is 702 g/mol. The average Bonchev–Trinajstić information content (AvgIpc) is 3.65. The van der Waals surface area contributed by atoms with Crippen LogP contribution in [0, 0.1) is 0 Å². The van der Waals surface area contributed by atoms with Gasteiger partial charge >= 0.3 is 0 Å². The third-order valence-electron chi connectivity index (χ3n) is 10.3. The van der Waals surface area contributed by atoms with Crippen molar-refractivity contribution < 1.29 is 4.42 Å². The predicted molar refractivity (Wildman–Crippen MR) is 227 cm³/mol. The second-order valence-corrected chi connectivity index (χ2v) is 13.8. The summed E-state index contributed by atoms with van der Waals surface area (Å²) in [5.41, 5.74) is 15.4. The Morgan fingerprint density at radius 1 is 0.273 bits per heavy atom. The minimum atomic E-state index is 0.678. The van der Waals surface area contributed by atoms with E-state index in [1.165, 1.54) is 11.1 Å². The van der Waals surface area contributed by atoms with Gasteiger partial charge in [-0.3, -0.25) is 0 Å². The van der Waals surface area contributed by atoms with Crippen LogP contribution in [0.3, 0.4) is 0 Å². The maximum absolute atomic E-state index is 6.37. The van der Waals surface area contributed by atoms with Gasteiger partial charge in [0.05, 0.1) is 11.4 Å². The summed E-state index contributed by atoms with van der Waals surface area (Å²) < 4.78 is 6.37. The number of para-hydroxylation sites is 1. The van der Waals surface area contributed by atoms with Crippen LogP contribution in [-0.2, 0) is 0 Å². The highest BCUT2D eigenvalue weighted by atomic mass is 16.3. The molecule has 8 aromatic carbocycles. The standard InChI is InChI=1S/C52H34N2O/c1-4-15-35(16-5-1)38-21-14-22-39(29-38)41-30-42(40-27-28-46-45-24-12-13-26-50(45)55-51(46)33-40)32-43(31-41)49-34-48(37-19-8-3-9-20-37)53-52(54-49)47-25-11-10-23-44(47)36-17-6-2-7-18-36/h1-34H. The molecule has 0 N–H and O–H groups in total. The fourth-order valence-electron chi connectivity index (χ4n) is 7.54. The number of furan rings is 1. The lowest BCUT2D eigenvalue weighted by atomic mass is 9.92. The minimum Gasteiger partial charge on any atom is -0.456 e. The van der Waals surface area contributed by atoms with Gasteiger partial charge in [0.25, 0.3) is 0 Å². The number of aromatic nitrogens is 2. The zero-order chi connectivity index (χ0) is 36.6. The first-order valence-corrected chi connectivity index (χ1v) is 18.6. The Morgan fingerprint density at radius 2 is 0.764 bits per heavy atom. The molecule has 2 heterocycles. The van der Waals surface area contributed by atoms with Crippen molar-refractivity contribution in [3.8, 4) is 78.4 Å². The molecule has 3 heteroatoms. The van der Waals surface area contributed by atoms with E-state index in [-0.39, 0.29) is 0 Å². The van der Waals surface area contributed by atoms with Crippen molar-refractivity contribution in [2.45, 2.75) is 0 Å². The summed E-state index contributed by atoms with van der Waals surface area (Å²) in [6.07, 6.45) is 0. The molecule has 0 aliphatic carbocycles. The first-order valence-electron chi connectivity index (χ1n) is 18.6. The van der Waals surface area contributed by atoms with Gasteiger partial charge in [0.15, 0.2) is 5.82 Å². The molecule has 10 rings (SSSR count). The first-order chi connectivity index (χ1) is 27.2. The van der Waals surface area contributed by atoms with E-state index in [2.05, 4.69) is 182 Å². The van der Waals surface area contributed by atoms with Crippen LogP contribution in [0.4, 0.5) is 0 Å². The Morgan fingerprint density at radius 3 is 1.49 bits per heavy atom. The zero-order valence-electron chi connectivity index (χ0n) is 29.9.